The summed E-state index contributed by atoms with van der Waals surface area (Å²) in [6, 6.07) is 8.83. The van der Waals surface area contributed by atoms with Crippen LogP contribution >= 0.6 is 22.9 Å². The Morgan fingerprint density at radius 2 is 2.13 bits per heavy atom. The zero-order chi connectivity index (χ0) is 16.6. The number of halogens is 1. The number of aromatic nitrogens is 2. The van der Waals surface area contributed by atoms with E-state index in [1.165, 1.54) is 16.0 Å². The summed E-state index contributed by atoms with van der Waals surface area (Å²) in [5, 5.41) is 18.7. The summed E-state index contributed by atoms with van der Waals surface area (Å²) >= 11 is 7.55. The molecule has 118 valence electrons. The smallest absolute Gasteiger partial charge is 0.279 e. The summed E-state index contributed by atoms with van der Waals surface area (Å²) in [6.45, 7) is 3.45. The van der Waals surface area contributed by atoms with Gasteiger partial charge in [-0.05, 0) is 60.0 Å². The Morgan fingerprint density at radius 3 is 2.74 bits per heavy atom. The second-order valence-electron chi connectivity index (χ2n) is 5.27. The van der Waals surface area contributed by atoms with Gasteiger partial charge < -0.3 is 5.11 Å². The largest absolute Gasteiger partial charge is 0.387 e. The van der Waals surface area contributed by atoms with E-state index in [4.69, 9.17) is 11.6 Å². The summed E-state index contributed by atoms with van der Waals surface area (Å²) in [4.78, 5) is 13.0. The maximum atomic E-state index is 13.0. The van der Waals surface area contributed by atoms with Crippen molar-refractivity contribution in [2.75, 3.05) is 0 Å². The number of rotatable bonds is 3. The highest BCUT2D eigenvalue weighted by atomic mass is 35.5. The summed E-state index contributed by atoms with van der Waals surface area (Å²) in [5.74, 6) is 0. The number of hydrogen-bond donors (Lipinski definition) is 1. The Kier molecular flexibility index (Phi) is 4.35. The van der Waals surface area contributed by atoms with Gasteiger partial charge in [0.1, 0.15) is 0 Å². The van der Waals surface area contributed by atoms with Gasteiger partial charge in [-0.3, -0.25) is 4.79 Å². The Labute approximate surface area is 142 Å². The monoisotopic (exact) mass is 346 g/mol. The number of benzene rings is 1. The molecule has 1 N–H and O–H groups in total. The van der Waals surface area contributed by atoms with Gasteiger partial charge in [0.2, 0.25) is 0 Å². The molecule has 0 aliphatic carbocycles. The van der Waals surface area contributed by atoms with Crippen LogP contribution in [-0.4, -0.2) is 14.9 Å². The molecule has 23 heavy (non-hydrogen) atoms. The highest BCUT2D eigenvalue weighted by Crippen LogP contribution is 2.27. The van der Waals surface area contributed by atoms with E-state index in [-0.39, 0.29) is 5.56 Å². The van der Waals surface area contributed by atoms with Crippen LogP contribution in [0.25, 0.3) is 16.8 Å². The predicted octanol–water partition coefficient (Wildman–Crippen LogP) is 3.98. The molecule has 2 heterocycles. The molecule has 0 aliphatic rings. The van der Waals surface area contributed by atoms with Crippen molar-refractivity contribution in [3.8, 4) is 16.8 Å². The maximum Gasteiger partial charge on any atom is 0.279 e. The second kappa shape index (κ2) is 6.28. The van der Waals surface area contributed by atoms with E-state index < -0.39 is 6.10 Å². The first-order valence-corrected chi connectivity index (χ1v) is 8.41. The van der Waals surface area contributed by atoms with Crippen LogP contribution in [0.15, 0.2) is 45.9 Å². The Bertz CT molecular complexity index is 901. The van der Waals surface area contributed by atoms with Gasteiger partial charge in [-0.25, -0.2) is 0 Å². The van der Waals surface area contributed by atoms with Crippen LogP contribution < -0.4 is 5.56 Å². The van der Waals surface area contributed by atoms with E-state index in [0.717, 1.165) is 5.56 Å². The van der Waals surface area contributed by atoms with E-state index in [1.807, 2.05) is 23.8 Å². The van der Waals surface area contributed by atoms with Crippen LogP contribution in [-0.2, 0) is 0 Å². The van der Waals surface area contributed by atoms with Crippen molar-refractivity contribution < 1.29 is 5.11 Å². The SMILES string of the molecule is Cc1c(C(C)O)nn(-c2cccc(Cl)c2)c(=O)c1-c1ccsc1. The minimum atomic E-state index is -0.779. The quantitative estimate of drug-likeness (QED) is 0.780. The number of thiophene rings is 1. The predicted molar refractivity (Wildman–Crippen MR) is 93.5 cm³/mol. The summed E-state index contributed by atoms with van der Waals surface area (Å²) in [5.41, 5.74) is 2.90. The molecule has 0 aliphatic heterocycles. The standard InChI is InChI=1S/C17H15ClN2O2S/c1-10-15(12-6-7-23-9-12)17(22)20(19-16(10)11(2)21)14-5-3-4-13(18)8-14/h3-9,11,21H,1-2H3. The molecule has 0 spiro atoms. The molecule has 0 saturated heterocycles. The first kappa shape index (κ1) is 15.9. The van der Waals surface area contributed by atoms with Crippen LogP contribution in [0.3, 0.4) is 0 Å². The van der Waals surface area contributed by atoms with Crippen molar-refractivity contribution >= 4 is 22.9 Å². The maximum absolute atomic E-state index is 13.0. The van der Waals surface area contributed by atoms with Crippen LogP contribution in [0.1, 0.15) is 24.3 Å². The lowest BCUT2D eigenvalue weighted by atomic mass is 10.0. The average Bonchev–Trinajstić information content (AvgIpc) is 3.01. The molecule has 3 aromatic rings. The van der Waals surface area contributed by atoms with Gasteiger partial charge in [0.25, 0.3) is 5.56 Å². The topological polar surface area (TPSA) is 55.1 Å². The number of hydrogen-bond acceptors (Lipinski definition) is 4. The van der Waals surface area contributed by atoms with Gasteiger partial charge in [0.15, 0.2) is 0 Å². The zero-order valence-electron chi connectivity index (χ0n) is 12.7. The van der Waals surface area contributed by atoms with Crippen LogP contribution in [0.2, 0.25) is 5.02 Å². The molecule has 0 saturated carbocycles. The van der Waals surface area contributed by atoms with Crippen LogP contribution in [0, 0.1) is 6.92 Å². The van der Waals surface area contributed by atoms with Crippen molar-refractivity contribution in [1.82, 2.24) is 9.78 Å². The molecule has 1 atom stereocenters. The normalized spacial score (nSPS) is 12.3. The van der Waals surface area contributed by atoms with Gasteiger partial charge in [0, 0.05) is 5.02 Å². The molecule has 6 heteroatoms. The fraction of sp³-hybridized carbons (Fsp3) is 0.176. The molecule has 0 amide bonds. The molecular weight excluding hydrogens is 332 g/mol. The van der Waals surface area contributed by atoms with E-state index in [1.54, 1.807) is 31.2 Å². The Hall–Kier alpha value is -1.95. The third-order valence-corrected chi connectivity index (χ3v) is 4.55. The van der Waals surface area contributed by atoms with E-state index >= 15 is 0 Å². The molecule has 2 aromatic heterocycles. The second-order valence-corrected chi connectivity index (χ2v) is 6.49. The molecule has 4 nitrogen and oxygen atoms in total. The Morgan fingerprint density at radius 1 is 1.35 bits per heavy atom. The molecule has 1 unspecified atom stereocenters. The molecule has 0 fully saturated rings. The lowest BCUT2D eigenvalue weighted by molar-refractivity contribution is 0.191. The first-order valence-electron chi connectivity index (χ1n) is 7.09. The molecule has 3 rings (SSSR count). The van der Waals surface area contributed by atoms with Gasteiger partial charge in [-0.1, -0.05) is 17.7 Å². The molecule has 0 radical (unpaired) electrons. The van der Waals surface area contributed by atoms with Gasteiger partial charge in [-0.2, -0.15) is 21.1 Å². The van der Waals surface area contributed by atoms with Crippen LogP contribution in [0.4, 0.5) is 0 Å². The summed E-state index contributed by atoms with van der Waals surface area (Å²) in [6.07, 6.45) is -0.779. The fourth-order valence-electron chi connectivity index (χ4n) is 2.55. The van der Waals surface area contributed by atoms with E-state index in [2.05, 4.69) is 5.10 Å². The third kappa shape index (κ3) is 2.95. The van der Waals surface area contributed by atoms with Gasteiger partial charge in [0.05, 0.1) is 23.0 Å². The highest BCUT2D eigenvalue weighted by Gasteiger charge is 2.19. The van der Waals surface area contributed by atoms with Crippen molar-refractivity contribution in [1.29, 1.82) is 0 Å². The fourth-order valence-corrected chi connectivity index (χ4v) is 3.38. The third-order valence-electron chi connectivity index (χ3n) is 3.63. The first-order chi connectivity index (χ1) is 11.0. The molecule has 1 aromatic carbocycles. The molecular formula is C17H15ClN2O2S. The number of aliphatic hydroxyl groups is 1. The highest BCUT2D eigenvalue weighted by molar-refractivity contribution is 7.08. The van der Waals surface area contributed by atoms with E-state index in [0.29, 0.717) is 27.5 Å². The zero-order valence-corrected chi connectivity index (χ0v) is 14.2. The summed E-state index contributed by atoms with van der Waals surface area (Å²) in [7, 11) is 0. The molecule has 0 bridgehead atoms. The number of nitrogens with zero attached hydrogens (tertiary/aromatic N) is 2. The number of aliphatic hydroxyl groups excluding tert-OH is 1. The summed E-state index contributed by atoms with van der Waals surface area (Å²) < 4.78 is 1.30. The minimum absolute atomic E-state index is 0.229. The lowest BCUT2D eigenvalue weighted by Crippen LogP contribution is -2.26. The average molecular weight is 347 g/mol. The van der Waals surface area contributed by atoms with Crippen molar-refractivity contribution in [2.45, 2.75) is 20.0 Å². The van der Waals surface area contributed by atoms with Crippen molar-refractivity contribution in [2.24, 2.45) is 0 Å². The van der Waals surface area contributed by atoms with Crippen molar-refractivity contribution in [3.63, 3.8) is 0 Å². The van der Waals surface area contributed by atoms with E-state index in [9.17, 15) is 9.90 Å². The van der Waals surface area contributed by atoms with Crippen molar-refractivity contribution in [3.05, 3.63) is 67.7 Å². The van der Waals surface area contributed by atoms with Gasteiger partial charge in [-0.15, -0.1) is 0 Å². The van der Waals surface area contributed by atoms with Gasteiger partial charge >= 0.3 is 0 Å². The Balaban J connectivity index is 2.35. The van der Waals surface area contributed by atoms with Crippen LogP contribution in [0.5, 0.6) is 0 Å². The minimum Gasteiger partial charge on any atom is -0.387 e. The lowest BCUT2D eigenvalue weighted by Gasteiger charge is -2.15.